The fraction of sp³-hybridized carbons (Fsp3) is 0.880. The molecule has 0 amide bonds. The molecule has 0 saturated heterocycles. The van der Waals surface area contributed by atoms with Gasteiger partial charge in [0, 0.05) is 12.0 Å². The van der Waals surface area contributed by atoms with Gasteiger partial charge in [0.05, 0.1) is 17.5 Å². The van der Waals surface area contributed by atoms with Gasteiger partial charge in [-0.25, -0.2) is 0 Å². The Morgan fingerprint density at radius 3 is 2.39 bits per heavy atom. The fourth-order valence-electron chi connectivity index (χ4n) is 7.61. The first kappa shape index (κ1) is 20.4. The Balaban J connectivity index is 1.61. The molecule has 28 heavy (non-hydrogen) atoms. The summed E-state index contributed by atoms with van der Waals surface area (Å²) in [5.41, 5.74) is 0.382. The lowest BCUT2D eigenvalue weighted by Crippen LogP contribution is -2.56. The molecule has 0 aromatic heterocycles. The molecular weight excluding hydrogens is 348 g/mol. The predicted octanol–water partition coefficient (Wildman–Crippen LogP) is 5.66. The van der Waals surface area contributed by atoms with Gasteiger partial charge in [0.1, 0.15) is 0 Å². The van der Waals surface area contributed by atoms with Crippen LogP contribution in [0.4, 0.5) is 0 Å². The van der Waals surface area contributed by atoms with E-state index in [1.807, 2.05) is 20.8 Å². The Bertz CT molecular complexity index is 684. The van der Waals surface area contributed by atoms with Gasteiger partial charge in [0.15, 0.2) is 5.78 Å². The standard InChI is InChI=1S/C25H40O3/c1-22(2,3)28-15-16-14-23(4)17(13-21(16)26)7-8-18-19(23)9-11-24(5)20(18)10-12-25(24,6)27/h15,17-20,27H,7-14H2,1-6H3/b16-15-. The van der Waals surface area contributed by atoms with E-state index < -0.39 is 5.60 Å². The van der Waals surface area contributed by atoms with Crippen LogP contribution in [0, 0.1) is 34.5 Å². The highest BCUT2D eigenvalue weighted by Gasteiger charge is 2.63. The van der Waals surface area contributed by atoms with E-state index in [4.69, 9.17) is 4.74 Å². The SMILES string of the molecule is CC(C)(C)O/C=C1/CC2(C)C(CCC3C2CCC2(C)C3CCC2(C)O)CC1=O. The first-order valence-corrected chi connectivity index (χ1v) is 11.5. The maximum absolute atomic E-state index is 12.8. The summed E-state index contributed by atoms with van der Waals surface area (Å²) in [7, 11) is 0. The molecule has 4 rings (SSSR count). The predicted molar refractivity (Wildman–Crippen MR) is 112 cm³/mol. The minimum Gasteiger partial charge on any atom is -0.495 e. The normalized spacial score (nSPS) is 50.1. The van der Waals surface area contributed by atoms with Crippen LogP contribution < -0.4 is 0 Å². The number of allylic oxidation sites excluding steroid dienone is 1. The maximum atomic E-state index is 12.8. The third kappa shape index (κ3) is 2.99. The van der Waals surface area contributed by atoms with Crippen molar-refractivity contribution < 1.29 is 14.6 Å². The van der Waals surface area contributed by atoms with Gasteiger partial charge in [-0.05, 0) is 107 Å². The van der Waals surface area contributed by atoms with Crippen LogP contribution in [0.3, 0.4) is 0 Å². The van der Waals surface area contributed by atoms with Crippen LogP contribution in [0.15, 0.2) is 11.8 Å². The van der Waals surface area contributed by atoms with Gasteiger partial charge in [-0.1, -0.05) is 13.8 Å². The molecule has 4 saturated carbocycles. The lowest BCUT2D eigenvalue weighted by atomic mass is 9.44. The molecule has 7 unspecified atom stereocenters. The average Bonchev–Trinajstić information content (AvgIpc) is 2.83. The molecule has 4 aliphatic rings. The van der Waals surface area contributed by atoms with Gasteiger partial charge >= 0.3 is 0 Å². The quantitative estimate of drug-likeness (QED) is 0.466. The minimum absolute atomic E-state index is 0.0653. The van der Waals surface area contributed by atoms with Crippen molar-refractivity contribution in [2.24, 2.45) is 34.5 Å². The van der Waals surface area contributed by atoms with Gasteiger partial charge in [-0.2, -0.15) is 0 Å². The zero-order valence-electron chi connectivity index (χ0n) is 18.8. The lowest BCUT2D eigenvalue weighted by Gasteiger charge is -2.61. The zero-order valence-corrected chi connectivity index (χ0v) is 18.8. The van der Waals surface area contributed by atoms with Crippen molar-refractivity contribution in [1.29, 1.82) is 0 Å². The van der Waals surface area contributed by atoms with E-state index in [-0.39, 0.29) is 16.4 Å². The summed E-state index contributed by atoms with van der Waals surface area (Å²) < 4.78 is 5.90. The highest BCUT2D eigenvalue weighted by atomic mass is 16.5. The molecule has 4 fully saturated rings. The van der Waals surface area contributed by atoms with Crippen molar-refractivity contribution in [2.75, 3.05) is 0 Å². The fourth-order valence-corrected chi connectivity index (χ4v) is 7.61. The summed E-state index contributed by atoms with van der Waals surface area (Å²) in [5.74, 6) is 2.82. The number of Topliss-reactive ketones (excluding diaryl/α,β-unsaturated/α-hetero) is 1. The topological polar surface area (TPSA) is 46.5 Å². The third-order valence-corrected chi connectivity index (χ3v) is 9.54. The summed E-state index contributed by atoms with van der Waals surface area (Å²) in [6.07, 6.45) is 10.2. The average molecular weight is 389 g/mol. The van der Waals surface area contributed by atoms with Crippen molar-refractivity contribution in [2.45, 2.75) is 104 Å². The Morgan fingerprint density at radius 2 is 1.71 bits per heavy atom. The Hall–Kier alpha value is -0.830. The van der Waals surface area contributed by atoms with Crippen LogP contribution in [0.1, 0.15) is 92.9 Å². The molecule has 7 atom stereocenters. The number of hydrogen-bond donors (Lipinski definition) is 1. The van der Waals surface area contributed by atoms with E-state index in [2.05, 4.69) is 20.8 Å². The molecule has 3 heteroatoms. The van der Waals surface area contributed by atoms with Gasteiger partial charge in [0.25, 0.3) is 0 Å². The zero-order chi connectivity index (χ0) is 20.5. The van der Waals surface area contributed by atoms with E-state index in [0.717, 1.165) is 24.8 Å². The number of rotatable bonds is 1. The molecule has 0 aromatic rings. The van der Waals surface area contributed by atoms with E-state index in [1.165, 1.54) is 25.7 Å². The maximum Gasteiger partial charge on any atom is 0.162 e. The van der Waals surface area contributed by atoms with Crippen molar-refractivity contribution >= 4 is 5.78 Å². The number of ether oxygens (including phenoxy) is 1. The van der Waals surface area contributed by atoms with Gasteiger partial charge in [0.2, 0.25) is 0 Å². The summed E-state index contributed by atoms with van der Waals surface area (Å²) in [6.45, 7) is 13.0. The Morgan fingerprint density at radius 1 is 1.04 bits per heavy atom. The van der Waals surface area contributed by atoms with Crippen molar-refractivity contribution in [1.82, 2.24) is 0 Å². The second kappa shape index (κ2) is 6.33. The van der Waals surface area contributed by atoms with Crippen LogP contribution in [0.5, 0.6) is 0 Å². The molecule has 0 aromatic carbocycles. The number of aliphatic hydroxyl groups is 1. The molecular formula is C25H40O3. The van der Waals surface area contributed by atoms with Gasteiger partial charge in [-0.3, -0.25) is 4.79 Å². The molecule has 0 bridgehead atoms. The summed E-state index contributed by atoms with van der Waals surface area (Å²) in [4.78, 5) is 12.8. The molecule has 0 aliphatic heterocycles. The van der Waals surface area contributed by atoms with Gasteiger partial charge in [-0.15, -0.1) is 0 Å². The second-order valence-corrected chi connectivity index (χ2v) is 12.1. The molecule has 1 N–H and O–H groups in total. The summed E-state index contributed by atoms with van der Waals surface area (Å²) in [5, 5.41) is 11.1. The molecule has 158 valence electrons. The highest BCUT2D eigenvalue weighted by molar-refractivity contribution is 5.96. The van der Waals surface area contributed by atoms with Crippen LogP contribution in [-0.4, -0.2) is 22.1 Å². The number of carbonyl (C=O) groups is 1. The van der Waals surface area contributed by atoms with E-state index in [9.17, 15) is 9.90 Å². The second-order valence-electron chi connectivity index (χ2n) is 12.1. The summed E-state index contributed by atoms with van der Waals surface area (Å²) in [6, 6.07) is 0. The molecule has 4 aliphatic carbocycles. The third-order valence-electron chi connectivity index (χ3n) is 9.54. The molecule has 3 nitrogen and oxygen atoms in total. The Kier molecular flexibility index (Phi) is 4.62. The number of hydrogen-bond acceptors (Lipinski definition) is 3. The van der Waals surface area contributed by atoms with Crippen LogP contribution >= 0.6 is 0 Å². The van der Waals surface area contributed by atoms with Crippen molar-refractivity contribution in [3.8, 4) is 0 Å². The van der Waals surface area contributed by atoms with E-state index >= 15 is 0 Å². The van der Waals surface area contributed by atoms with E-state index in [1.54, 1.807) is 6.26 Å². The first-order chi connectivity index (χ1) is 12.9. The lowest BCUT2D eigenvalue weighted by molar-refractivity contribution is -0.147. The van der Waals surface area contributed by atoms with Gasteiger partial charge < -0.3 is 9.84 Å². The number of carbonyl (C=O) groups excluding carboxylic acids is 1. The molecule has 0 spiro atoms. The summed E-state index contributed by atoms with van der Waals surface area (Å²) >= 11 is 0. The van der Waals surface area contributed by atoms with Crippen LogP contribution in [-0.2, 0) is 9.53 Å². The largest absolute Gasteiger partial charge is 0.495 e. The van der Waals surface area contributed by atoms with E-state index in [0.29, 0.717) is 35.9 Å². The van der Waals surface area contributed by atoms with Crippen LogP contribution in [0.2, 0.25) is 0 Å². The van der Waals surface area contributed by atoms with Crippen molar-refractivity contribution in [3.63, 3.8) is 0 Å². The molecule has 0 radical (unpaired) electrons. The number of ketones is 1. The first-order valence-electron chi connectivity index (χ1n) is 11.5. The monoisotopic (exact) mass is 388 g/mol. The minimum atomic E-state index is -0.519. The highest BCUT2D eigenvalue weighted by Crippen LogP contribution is 2.68. The number of fused-ring (bicyclic) bond motifs is 5. The van der Waals surface area contributed by atoms with Crippen LogP contribution in [0.25, 0.3) is 0 Å². The Labute approximate surface area is 171 Å². The molecule has 0 heterocycles. The smallest absolute Gasteiger partial charge is 0.162 e. The van der Waals surface area contributed by atoms with Crippen molar-refractivity contribution in [3.05, 3.63) is 11.8 Å².